The smallest absolute Gasteiger partial charge is 0.258 e. The lowest BCUT2D eigenvalue weighted by Gasteiger charge is -2.13. The topological polar surface area (TPSA) is 92.7 Å². The molecule has 0 atom stereocenters. The first-order valence-corrected chi connectivity index (χ1v) is 10.7. The van der Waals surface area contributed by atoms with Crippen LogP contribution < -0.4 is 0 Å². The van der Waals surface area contributed by atoms with Crippen LogP contribution in [0.4, 0.5) is 5.69 Å². The van der Waals surface area contributed by atoms with E-state index in [1.165, 1.54) is 18.3 Å². The summed E-state index contributed by atoms with van der Waals surface area (Å²) in [6, 6.07) is 22.0. The van der Waals surface area contributed by atoms with Crippen molar-refractivity contribution in [2.45, 2.75) is 17.0 Å². The maximum Gasteiger partial charge on any atom is 0.301 e. The van der Waals surface area contributed by atoms with Crippen molar-refractivity contribution in [2.24, 2.45) is 0 Å². The van der Waals surface area contributed by atoms with Crippen molar-refractivity contribution < 1.29 is 4.92 Å². The molecule has 0 amide bonds. The molecule has 0 aliphatic carbocycles. The van der Waals surface area contributed by atoms with Crippen LogP contribution in [0.5, 0.6) is 0 Å². The molecule has 4 rings (SSSR count). The lowest BCUT2D eigenvalue weighted by Crippen LogP contribution is -1.98. The van der Waals surface area contributed by atoms with Crippen LogP contribution in [0, 0.1) is 28.4 Å². The van der Waals surface area contributed by atoms with E-state index in [2.05, 4.69) is 16.0 Å². The number of aromatic nitrogens is 2. The van der Waals surface area contributed by atoms with Gasteiger partial charge in [0.05, 0.1) is 16.2 Å². The molecule has 6 nitrogen and oxygen atoms in total. The number of rotatable bonds is 5. The minimum absolute atomic E-state index is 0.141. The van der Waals surface area contributed by atoms with Gasteiger partial charge in [-0.2, -0.15) is 5.26 Å². The van der Waals surface area contributed by atoms with Crippen LogP contribution in [-0.2, 0) is 0 Å². The van der Waals surface area contributed by atoms with Gasteiger partial charge in [0.2, 0.25) is 0 Å². The molecule has 156 valence electrons. The third kappa shape index (κ3) is 4.47. The van der Waals surface area contributed by atoms with E-state index in [0.717, 1.165) is 28.5 Å². The average Bonchev–Trinajstić information content (AvgIpc) is 2.79. The zero-order valence-electron chi connectivity index (χ0n) is 16.8. The second-order valence-corrected chi connectivity index (χ2v) is 8.32. The number of benzene rings is 2. The van der Waals surface area contributed by atoms with Gasteiger partial charge in [-0.05, 0) is 48.5 Å². The van der Waals surface area contributed by atoms with E-state index in [-0.39, 0.29) is 10.7 Å². The molecule has 2 heterocycles. The molecule has 0 saturated carbocycles. The van der Waals surface area contributed by atoms with Crippen molar-refractivity contribution >= 4 is 29.1 Å². The molecule has 0 aliphatic heterocycles. The van der Waals surface area contributed by atoms with Crippen molar-refractivity contribution in [3.05, 3.63) is 99.2 Å². The van der Waals surface area contributed by atoms with E-state index in [4.69, 9.17) is 11.6 Å². The number of hydrogen-bond acceptors (Lipinski definition) is 6. The average molecular weight is 459 g/mol. The summed E-state index contributed by atoms with van der Waals surface area (Å²) in [5, 5.41) is 22.6. The second kappa shape index (κ2) is 9.18. The minimum Gasteiger partial charge on any atom is -0.258 e. The quantitative estimate of drug-likeness (QED) is 0.244. The van der Waals surface area contributed by atoms with Crippen LogP contribution >= 0.6 is 23.4 Å². The predicted octanol–water partition coefficient (Wildman–Crippen LogP) is 6.70. The Labute approximate surface area is 193 Å². The van der Waals surface area contributed by atoms with Crippen LogP contribution in [0.3, 0.4) is 0 Å². The Hall–Kier alpha value is -3.73. The summed E-state index contributed by atoms with van der Waals surface area (Å²) in [6.45, 7) is 1.98. The number of pyridine rings is 2. The highest BCUT2D eigenvalue weighted by atomic mass is 35.5. The molecule has 2 aromatic carbocycles. The molecule has 0 fully saturated rings. The number of nitrogens with zero attached hydrogens (tertiary/aromatic N) is 4. The number of halogens is 1. The summed E-state index contributed by atoms with van der Waals surface area (Å²) in [5.74, 6) is 0. The molecule has 4 aromatic rings. The third-order valence-corrected chi connectivity index (χ3v) is 5.96. The third-order valence-electron chi connectivity index (χ3n) is 4.71. The van der Waals surface area contributed by atoms with Gasteiger partial charge in [0.15, 0.2) is 5.03 Å². The fourth-order valence-electron chi connectivity index (χ4n) is 3.20. The van der Waals surface area contributed by atoms with Crippen molar-refractivity contribution in [2.75, 3.05) is 0 Å². The maximum absolute atomic E-state index is 11.5. The largest absolute Gasteiger partial charge is 0.301 e. The van der Waals surface area contributed by atoms with Crippen LogP contribution in [0.2, 0.25) is 5.02 Å². The van der Waals surface area contributed by atoms with Crippen molar-refractivity contribution in [1.29, 1.82) is 5.26 Å². The molecule has 8 heteroatoms. The Morgan fingerprint density at radius 1 is 1.03 bits per heavy atom. The highest BCUT2D eigenvalue weighted by molar-refractivity contribution is 7.99. The highest BCUT2D eigenvalue weighted by Gasteiger charge is 2.21. The molecule has 32 heavy (non-hydrogen) atoms. The molecular weight excluding hydrogens is 444 g/mol. The van der Waals surface area contributed by atoms with Crippen molar-refractivity contribution in [3.8, 4) is 28.5 Å². The summed E-state index contributed by atoms with van der Waals surface area (Å²) in [5.41, 5.74) is 4.22. The van der Waals surface area contributed by atoms with E-state index < -0.39 is 4.92 Å². The standard InChI is InChI=1S/C24H15ClN4O2S/c1-15-4-2-5-17(12-15)19-13-21(16-7-9-18(25)10-8-16)28-23(20(19)14-26)32-24-22(29(30)31)6-3-11-27-24/h2-13H,1H3. The Morgan fingerprint density at radius 3 is 2.50 bits per heavy atom. The Kier molecular flexibility index (Phi) is 6.17. The van der Waals surface area contributed by atoms with Crippen LogP contribution in [0.15, 0.2) is 83.0 Å². The lowest BCUT2D eigenvalue weighted by molar-refractivity contribution is -0.388. The second-order valence-electron chi connectivity index (χ2n) is 6.91. The number of nitriles is 1. The summed E-state index contributed by atoms with van der Waals surface area (Å²) in [4.78, 5) is 19.8. The van der Waals surface area contributed by atoms with E-state index in [9.17, 15) is 15.4 Å². The zero-order valence-corrected chi connectivity index (χ0v) is 18.4. The first kappa shape index (κ1) is 21.5. The van der Waals surface area contributed by atoms with E-state index in [1.54, 1.807) is 12.1 Å². The summed E-state index contributed by atoms with van der Waals surface area (Å²) in [7, 11) is 0. The normalized spacial score (nSPS) is 10.5. The molecular formula is C24H15ClN4O2S. The monoisotopic (exact) mass is 458 g/mol. The molecule has 0 N–H and O–H groups in total. The Bertz CT molecular complexity index is 1370. The fourth-order valence-corrected chi connectivity index (χ4v) is 4.28. The van der Waals surface area contributed by atoms with Crippen molar-refractivity contribution in [1.82, 2.24) is 9.97 Å². The number of nitro groups is 1. The van der Waals surface area contributed by atoms with Crippen molar-refractivity contribution in [3.63, 3.8) is 0 Å². The molecule has 0 radical (unpaired) electrons. The van der Waals surface area contributed by atoms with Gasteiger partial charge in [0.1, 0.15) is 11.1 Å². The van der Waals surface area contributed by atoms with Crippen LogP contribution in [0.1, 0.15) is 11.1 Å². The van der Waals surface area contributed by atoms with Gasteiger partial charge in [0, 0.05) is 28.4 Å². The van der Waals surface area contributed by atoms with Crippen LogP contribution in [-0.4, -0.2) is 14.9 Å². The SMILES string of the molecule is Cc1cccc(-c2cc(-c3ccc(Cl)cc3)nc(Sc3ncccc3[N+](=O)[O-])c2C#N)c1. The van der Waals surface area contributed by atoms with Gasteiger partial charge < -0.3 is 0 Å². The first-order chi connectivity index (χ1) is 15.5. The predicted molar refractivity (Wildman–Crippen MR) is 125 cm³/mol. The fraction of sp³-hybridized carbons (Fsp3) is 0.0417. The van der Waals surface area contributed by atoms with E-state index in [1.807, 2.05) is 49.4 Å². The summed E-state index contributed by atoms with van der Waals surface area (Å²) in [6.07, 6.45) is 1.48. The molecule has 0 aliphatic rings. The minimum atomic E-state index is -0.494. The van der Waals surface area contributed by atoms with E-state index in [0.29, 0.717) is 26.9 Å². The highest BCUT2D eigenvalue weighted by Crippen LogP contribution is 2.39. The summed E-state index contributed by atoms with van der Waals surface area (Å²) >= 11 is 7.04. The zero-order chi connectivity index (χ0) is 22.7. The van der Waals surface area contributed by atoms with Gasteiger partial charge >= 0.3 is 5.69 Å². The van der Waals surface area contributed by atoms with Gasteiger partial charge in [0.25, 0.3) is 0 Å². The number of hydrogen-bond donors (Lipinski definition) is 0. The van der Waals surface area contributed by atoms with Crippen LogP contribution in [0.25, 0.3) is 22.4 Å². The van der Waals surface area contributed by atoms with Gasteiger partial charge in [-0.25, -0.2) is 9.97 Å². The Morgan fingerprint density at radius 2 is 1.81 bits per heavy atom. The molecule has 0 bridgehead atoms. The van der Waals surface area contributed by atoms with Gasteiger partial charge in [-0.3, -0.25) is 10.1 Å². The Balaban J connectivity index is 1.95. The molecule has 0 unspecified atom stereocenters. The van der Waals surface area contributed by atoms with Gasteiger partial charge in [-0.15, -0.1) is 0 Å². The number of aryl methyl sites for hydroxylation is 1. The maximum atomic E-state index is 11.5. The molecule has 0 saturated heterocycles. The molecule has 0 spiro atoms. The van der Waals surface area contributed by atoms with Gasteiger partial charge in [-0.1, -0.05) is 53.6 Å². The first-order valence-electron chi connectivity index (χ1n) is 9.51. The molecule has 2 aromatic heterocycles. The van der Waals surface area contributed by atoms with E-state index >= 15 is 0 Å². The summed E-state index contributed by atoms with van der Waals surface area (Å²) < 4.78 is 0. The lowest BCUT2D eigenvalue weighted by atomic mass is 9.98.